The van der Waals surface area contributed by atoms with Crippen LogP contribution in [-0.4, -0.2) is 42.5 Å². The molecule has 4 nitrogen and oxygen atoms in total. The number of carbonyl (C=O) groups excluding carboxylic acids is 2. The average Bonchev–Trinajstić information content (AvgIpc) is 2.67. The Morgan fingerprint density at radius 2 is 1.19 bits per heavy atom. The summed E-state index contributed by atoms with van der Waals surface area (Å²) < 4.78 is 93.1. The SMILES string of the molecule is CCCCCCCCCCCCCOC(=O)C(C)NC(=O)C(F)(F)C(F)(F)C(F)(F)F. The van der Waals surface area contributed by atoms with E-state index in [1.54, 1.807) is 0 Å². The normalized spacial score (nSPS) is 13.7. The van der Waals surface area contributed by atoms with Crippen LogP contribution in [0.15, 0.2) is 0 Å². The van der Waals surface area contributed by atoms with Gasteiger partial charge in [0.05, 0.1) is 6.61 Å². The maximum atomic E-state index is 13.2. The summed E-state index contributed by atoms with van der Waals surface area (Å²) in [4.78, 5) is 22.8. The molecule has 0 aromatic heterocycles. The molecule has 0 aliphatic carbocycles. The van der Waals surface area contributed by atoms with Gasteiger partial charge in [0.1, 0.15) is 6.04 Å². The van der Waals surface area contributed by atoms with Crippen LogP contribution in [0.4, 0.5) is 30.7 Å². The van der Waals surface area contributed by atoms with Gasteiger partial charge >= 0.3 is 24.0 Å². The highest BCUT2D eigenvalue weighted by Gasteiger charge is 2.76. The molecule has 1 atom stereocenters. The summed E-state index contributed by atoms with van der Waals surface area (Å²) in [5, 5.41) is 1.15. The molecule has 0 aliphatic heterocycles. The first-order chi connectivity index (χ1) is 14.3. The van der Waals surface area contributed by atoms with E-state index < -0.39 is 35.9 Å². The molecule has 0 aliphatic rings. The predicted molar refractivity (Wildman–Crippen MR) is 101 cm³/mol. The minimum atomic E-state index is -6.63. The van der Waals surface area contributed by atoms with Crippen molar-refractivity contribution < 1.29 is 45.1 Å². The van der Waals surface area contributed by atoms with E-state index in [0.29, 0.717) is 6.42 Å². The van der Waals surface area contributed by atoms with E-state index in [0.717, 1.165) is 44.3 Å². The second-order valence-corrected chi connectivity index (χ2v) is 7.54. The fraction of sp³-hybridized carbons (Fsp3) is 0.900. The number of alkyl halides is 7. The number of esters is 1. The molecule has 1 N–H and O–H groups in total. The van der Waals surface area contributed by atoms with Crippen molar-refractivity contribution in [2.24, 2.45) is 0 Å². The number of amides is 1. The van der Waals surface area contributed by atoms with Crippen LogP contribution in [0, 0.1) is 0 Å². The molecule has 1 amide bonds. The molecule has 0 heterocycles. The van der Waals surface area contributed by atoms with Gasteiger partial charge < -0.3 is 10.1 Å². The third-order valence-corrected chi connectivity index (χ3v) is 4.73. The van der Waals surface area contributed by atoms with Crippen LogP contribution in [0.3, 0.4) is 0 Å². The standard InChI is InChI=1S/C20H32F7NO3/c1-3-4-5-6-7-8-9-10-11-12-13-14-31-16(29)15(2)28-17(30)18(21,22)19(23,24)20(25,26)27/h15H,3-14H2,1-2H3,(H,28,30). The van der Waals surface area contributed by atoms with Gasteiger partial charge in [-0.3, -0.25) is 4.79 Å². The predicted octanol–water partition coefficient (Wildman–Crippen LogP) is 6.18. The summed E-state index contributed by atoms with van der Waals surface area (Å²) in [6, 6.07) is -1.81. The Bertz CT molecular complexity index is 539. The Kier molecular flexibility index (Phi) is 13.1. The Balaban J connectivity index is 4.07. The minimum absolute atomic E-state index is 0.0782. The van der Waals surface area contributed by atoms with Gasteiger partial charge in [-0.25, -0.2) is 4.79 Å². The molecule has 0 bridgehead atoms. The fourth-order valence-corrected chi connectivity index (χ4v) is 2.73. The van der Waals surface area contributed by atoms with Gasteiger partial charge in [0, 0.05) is 0 Å². The Hall–Kier alpha value is -1.55. The lowest BCUT2D eigenvalue weighted by Gasteiger charge is -2.27. The molecule has 0 fully saturated rings. The van der Waals surface area contributed by atoms with Crippen molar-refractivity contribution in [1.82, 2.24) is 5.32 Å². The van der Waals surface area contributed by atoms with Crippen LogP contribution in [0.2, 0.25) is 0 Å². The monoisotopic (exact) mass is 467 g/mol. The van der Waals surface area contributed by atoms with Gasteiger partial charge in [-0.15, -0.1) is 0 Å². The zero-order valence-corrected chi connectivity index (χ0v) is 17.9. The van der Waals surface area contributed by atoms with Crippen molar-refractivity contribution in [1.29, 1.82) is 0 Å². The first-order valence-corrected chi connectivity index (χ1v) is 10.6. The lowest BCUT2D eigenvalue weighted by atomic mass is 10.1. The number of halogens is 7. The molecule has 0 rings (SSSR count). The van der Waals surface area contributed by atoms with E-state index in [9.17, 15) is 40.3 Å². The average molecular weight is 467 g/mol. The Labute approximate surface area is 178 Å². The Morgan fingerprint density at radius 3 is 1.61 bits per heavy atom. The van der Waals surface area contributed by atoms with Crippen molar-refractivity contribution in [2.45, 2.75) is 109 Å². The molecule has 0 aromatic rings. The first kappa shape index (κ1) is 29.5. The van der Waals surface area contributed by atoms with Crippen molar-refractivity contribution in [3.05, 3.63) is 0 Å². The number of unbranched alkanes of at least 4 members (excludes halogenated alkanes) is 10. The molecule has 0 spiro atoms. The van der Waals surface area contributed by atoms with Gasteiger partial charge in [0.2, 0.25) is 0 Å². The summed E-state index contributed by atoms with van der Waals surface area (Å²) in [6.45, 7) is 2.93. The maximum absolute atomic E-state index is 13.2. The van der Waals surface area contributed by atoms with E-state index in [1.165, 1.54) is 32.1 Å². The number of carbonyl (C=O) groups is 2. The molecule has 0 saturated carbocycles. The highest BCUT2D eigenvalue weighted by molar-refractivity contribution is 5.89. The zero-order valence-electron chi connectivity index (χ0n) is 17.9. The summed E-state index contributed by atoms with van der Waals surface area (Å²) >= 11 is 0. The van der Waals surface area contributed by atoms with E-state index in [2.05, 4.69) is 6.92 Å². The third kappa shape index (κ3) is 10.1. The topological polar surface area (TPSA) is 55.4 Å². The summed E-state index contributed by atoms with van der Waals surface area (Å²) in [5.74, 6) is -16.8. The highest BCUT2D eigenvalue weighted by atomic mass is 19.4. The van der Waals surface area contributed by atoms with Gasteiger partial charge in [-0.1, -0.05) is 71.1 Å². The molecule has 31 heavy (non-hydrogen) atoms. The summed E-state index contributed by atoms with van der Waals surface area (Å²) in [6.07, 6.45) is 4.95. The number of rotatable bonds is 16. The molecule has 0 saturated heterocycles. The van der Waals surface area contributed by atoms with Crippen molar-refractivity contribution in [2.75, 3.05) is 6.61 Å². The van der Waals surface area contributed by atoms with Crippen LogP contribution in [-0.2, 0) is 14.3 Å². The van der Waals surface area contributed by atoms with Crippen LogP contribution in [0.1, 0.15) is 84.5 Å². The largest absolute Gasteiger partial charge is 0.464 e. The molecular formula is C20H32F7NO3. The fourth-order valence-electron chi connectivity index (χ4n) is 2.73. The molecule has 0 aromatic carbocycles. The second kappa shape index (κ2) is 13.8. The third-order valence-electron chi connectivity index (χ3n) is 4.73. The van der Waals surface area contributed by atoms with Crippen molar-refractivity contribution in [3.8, 4) is 0 Å². The molecule has 11 heteroatoms. The quantitative estimate of drug-likeness (QED) is 0.168. The molecular weight excluding hydrogens is 435 g/mol. The Morgan fingerprint density at radius 1 is 0.774 bits per heavy atom. The highest BCUT2D eigenvalue weighted by Crippen LogP contribution is 2.46. The smallest absolute Gasteiger partial charge is 0.460 e. The number of ether oxygens (including phenoxy) is 1. The van der Waals surface area contributed by atoms with Crippen LogP contribution in [0.5, 0.6) is 0 Å². The van der Waals surface area contributed by atoms with E-state index in [-0.39, 0.29) is 6.61 Å². The lowest BCUT2D eigenvalue weighted by molar-refractivity contribution is -0.344. The van der Waals surface area contributed by atoms with Crippen molar-refractivity contribution >= 4 is 11.9 Å². The van der Waals surface area contributed by atoms with Gasteiger partial charge in [-0.05, 0) is 13.3 Å². The molecule has 1 unspecified atom stereocenters. The molecule has 184 valence electrons. The van der Waals surface area contributed by atoms with E-state index in [4.69, 9.17) is 4.74 Å². The van der Waals surface area contributed by atoms with Crippen LogP contribution >= 0.6 is 0 Å². The molecule has 0 radical (unpaired) electrons. The number of hydrogen-bond acceptors (Lipinski definition) is 3. The maximum Gasteiger partial charge on any atom is 0.460 e. The van der Waals surface area contributed by atoms with Crippen LogP contribution < -0.4 is 5.32 Å². The van der Waals surface area contributed by atoms with E-state index >= 15 is 0 Å². The number of hydrogen-bond donors (Lipinski definition) is 1. The lowest BCUT2D eigenvalue weighted by Crippen LogP contribution is -2.61. The van der Waals surface area contributed by atoms with Gasteiger partial charge in [-0.2, -0.15) is 30.7 Å². The van der Waals surface area contributed by atoms with Gasteiger partial charge in [0.15, 0.2) is 0 Å². The summed E-state index contributed by atoms with van der Waals surface area (Å²) in [7, 11) is 0. The van der Waals surface area contributed by atoms with Crippen LogP contribution in [0.25, 0.3) is 0 Å². The van der Waals surface area contributed by atoms with E-state index in [1.807, 2.05) is 0 Å². The zero-order chi connectivity index (χ0) is 24.1. The van der Waals surface area contributed by atoms with Gasteiger partial charge in [0.25, 0.3) is 5.91 Å². The minimum Gasteiger partial charge on any atom is -0.464 e. The first-order valence-electron chi connectivity index (χ1n) is 10.6. The van der Waals surface area contributed by atoms with Crippen molar-refractivity contribution in [3.63, 3.8) is 0 Å². The summed E-state index contributed by atoms with van der Waals surface area (Å²) in [5.41, 5.74) is 0. The second-order valence-electron chi connectivity index (χ2n) is 7.54. The number of nitrogens with one attached hydrogen (secondary N) is 1.